The van der Waals surface area contributed by atoms with Gasteiger partial charge in [-0.1, -0.05) is 0 Å². The number of pyridine rings is 1. The molecule has 0 saturated heterocycles. The summed E-state index contributed by atoms with van der Waals surface area (Å²) in [5.41, 5.74) is 1.87. The fraction of sp³-hybridized carbons (Fsp3) is 0.167. The molecule has 0 amide bonds. The van der Waals surface area contributed by atoms with E-state index in [0.717, 1.165) is 16.0 Å². The maximum absolute atomic E-state index is 10.9. The first-order chi connectivity index (χ1) is 8.11. The molecule has 0 aliphatic heterocycles. The fourth-order valence-electron chi connectivity index (χ4n) is 1.54. The minimum absolute atomic E-state index is 0.341. The number of hydrogen-bond acceptors (Lipinski definition) is 4. The monoisotopic (exact) mass is 249 g/mol. The molecule has 4 nitrogen and oxygen atoms in total. The SMILES string of the molecule is COc1cc(-c2sc(C(=O)O)cc2C)ccn1. The highest BCUT2D eigenvalue weighted by molar-refractivity contribution is 7.17. The van der Waals surface area contributed by atoms with Crippen LogP contribution in [0.1, 0.15) is 15.2 Å². The lowest BCUT2D eigenvalue weighted by Crippen LogP contribution is -1.89. The first kappa shape index (κ1) is 11.6. The molecule has 2 heterocycles. The number of carbonyl (C=O) groups is 1. The molecule has 0 aliphatic carbocycles. The summed E-state index contributed by atoms with van der Waals surface area (Å²) in [6.07, 6.45) is 1.65. The number of aryl methyl sites for hydroxylation is 1. The zero-order valence-corrected chi connectivity index (χ0v) is 10.2. The van der Waals surface area contributed by atoms with E-state index in [1.165, 1.54) is 11.3 Å². The summed E-state index contributed by atoms with van der Waals surface area (Å²) in [6.45, 7) is 1.89. The smallest absolute Gasteiger partial charge is 0.345 e. The van der Waals surface area contributed by atoms with Crippen LogP contribution in [-0.4, -0.2) is 23.2 Å². The Balaban J connectivity index is 2.48. The van der Waals surface area contributed by atoms with Gasteiger partial charge in [-0.2, -0.15) is 0 Å². The second-order valence-corrected chi connectivity index (χ2v) is 4.57. The number of hydrogen-bond donors (Lipinski definition) is 1. The summed E-state index contributed by atoms with van der Waals surface area (Å²) in [5, 5.41) is 8.94. The highest BCUT2D eigenvalue weighted by Gasteiger charge is 2.13. The highest BCUT2D eigenvalue weighted by atomic mass is 32.1. The molecular formula is C12H11NO3S. The molecule has 0 fully saturated rings. The molecule has 0 saturated carbocycles. The lowest BCUT2D eigenvalue weighted by molar-refractivity contribution is 0.0702. The van der Waals surface area contributed by atoms with Gasteiger partial charge in [0, 0.05) is 17.1 Å². The summed E-state index contributed by atoms with van der Waals surface area (Å²) in [6, 6.07) is 5.31. The summed E-state index contributed by atoms with van der Waals surface area (Å²) in [7, 11) is 1.55. The summed E-state index contributed by atoms with van der Waals surface area (Å²) in [5.74, 6) is -0.377. The van der Waals surface area contributed by atoms with E-state index in [2.05, 4.69) is 4.98 Å². The van der Waals surface area contributed by atoms with Gasteiger partial charge in [0.2, 0.25) is 5.88 Å². The zero-order valence-electron chi connectivity index (χ0n) is 9.43. The Labute approximate surface area is 103 Å². The molecule has 0 aromatic carbocycles. The summed E-state index contributed by atoms with van der Waals surface area (Å²) in [4.78, 5) is 16.2. The number of carboxylic acids is 1. The van der Waals surface area contributed by atoms with Crippen molar-refractivity contribution < 1.29 is 14.6 Å². The molecule has 0 bridgehead atoms. The molecule has 2 aromatic rings. The molecule has 88 valence electrons. The first-order valence-corrected chi connectivity index (χ1v) is 5.77. The van der Waals surface area contributed by atoms with Crippen molar-refractivity contribution in [2.45, 2.75) is 6.92 Å². The molecule has 5 heteroatoms. The van der Waals surface area contributed by atoms with E-state index in [4.69, 9.17) is 9.84 Å². The van der Waals surface area contributed by atoms with Crippen molar-refractivity contribution in [1.82, 2.24) is 4.98 Å². The highest BCUT2D eigenvalue weighted by Crippen LogP contribution is 2.33. The van der Waals surface area contributed by atoms with E-state index >= 15 is 0 Å². The van der Waals surface area contributed by atoms with Crippen LogP contribution in [0.15, 0.2) is 24.4 Å². The van der Waals surface area contributed by atoms with Gasteiger partial charge in [0.1, 0.15) is 4.88 Å². The number of methoxy groups -OCH3 is 1. The van der Waals surface area contributed by atoms with Crippen molar-refractivity contribution in [1.29, 1.82) is 0 Å². The minimum atomic E-state index is -0.898. The molecule has 2 rings (SSSR count). The Morgan fingerprint density at radius 3 is 2.82 bits per heavy atom. The molecule has 2 aromatic heterocycles. The summed E-state index contributed by atoms with van der Waals surface area (Å²) < 4.78 is 5.05. The number of ether oxygens (including phenoxy) is 1. The second kappa shape index (κ2) is 4.55. The Morgan fingerprint density at radius 1 is 1.47 bits per heavy atom. The van der Waals surface area contributed by atoms with Crippen molar-refractivity contribution in [3.05, 3.63) is 34.8 Å². The topological polar surface area (TPSA) is 59.4 Å². The van der Waals surface area contributed by atoms with Crippen LogP contribution in [0, 0.1) is 6.92 Å². The van der Waals surface area contributed by atoms with Crippen LogP contribution < -0.4 is 4.74 Å². The number of nitrogens with zero attached hydrogens (tertiary/aromatic N) is 1. The van der Waals surface area contributed by atoms with Gasteiger partial charge in [-0.15, -0.1) is 11.3 Å². The van der Waals surface area contributed by atoms with Gasteiger partial charge in [0.25, 0.3) is 0 Å². The maximum atomic E-state index is 10.9. The standard InChI is InChI=1S/C12H11NO3S/c1-7-5-9(12(14)15)17-11(7)8-3-4-13-10(6-8)16-2/h3-6H,1-2H3,(H,14,15). The third kappa shape index (κ3) is 2.29. The Kier molecular flexibility index (Phi) is 3.10. The van der Waals surface area contributed by atoms with Crippen molar-refractivity contribution in [3.8, 4) is 16.3 Å². The number of aromatic carboxylic acids is 1. The minimum Gasteiger partial charge on any atom is -0.481 e. The third-order valence-corrected chi connectivity index (χ3v) is 3.61. The van der Waals surface area contributed by atoms with Crippen LogP contribution in [0.5, 0.6) is 5.88 Å². The van der Waals surface area contributed by atoms with E-state index in [1.54, 1.807) is 25.4 Å². The molecule has 17 heavy (non-hydrogen) atoms. The Bertz CT molecular complexity index is 563. The third-order valence-electron chi connectivity index (χ3n) is 2.33. The Morgan fingerprint density at radius 2 is 2.24 bits per heavy atom. The van der Waals surface area contributed by atoms with Gasteiger partial charge >= 0.3 is 5.97 Å². The van der Waals surface area contributed by atoms with Crippen LogP contribution in [0.25, 0.3) is 10.4 Å². The van der Waals surface area contributed by atoms with Gasteiger partial charge < -0.3 is 9.84 Å². The lowest BCUT2D eigenvalue weighted by atomic mass is 10.1. The summed E-state index contributed by atoms with van der Waals surface area (Å²) >= 11 is 1.26. The predicted molar refractivity (Wildman–Crippen MR) is 65.8 cm³/mol. The van der Waals surface area contributed by atoms with Crippen LogP contribution in [0.2, 0.25) is 0 Å². The first-order valence-electron chi connectivity index (χ1n) is 4.96. The molecule has 0 aliphatic rings. The molecule has 0 spiro atoms. The van der Waals surface area contributed by atoms with Crippen molar-refractivity contribution in [3.63, 3.8) is 0 Å². The number of aromatic nitrogens is 1. The molecule has 0 radical (unpaired) electrons. The molecule has 0 unspecified atom stereocenters. The predicted octanol–water partition coefficient (Wildman–Crippen LogP) is 2.83. The Hall–Kier alpha value is -1.88. The van der Waals surface area contributed by atoms with Crippen molar-refractivity contribution in [2.24, 2.45) is 0 Å². The zero-order chi connectivity index (χ0) is 12.4. The van der Waals surface area contributed by atoms with Gasteiger partial charge in [-0.3, -0.25) is 0 Å². The number of carboxylic acid groups (broad SMARTS) is 1. The normalized spacial score (nSPS) is 10.2. The van der Waals surface area contributed by atoms with Gasteiger partial charge in [0.05, 0.1) is 7.11 Å². The molecular weight excluding hydrogens is 238 g/mol. The second-order valence-electron chi connectivity index (χ2n) is 3.51. The van der Waals surface area contributed by atoms with Crippen molar-refractivity contribution in [2.75, 3.05) is 7.11 Å². The van der Waals surface area contributed by atoms with E-state index in [-0.39, 0.29) is 0 Å². The van der Waals surface area contributed by atoms with E-state index < -0.39 is 5.97 Å². The van der Waals surface area contributed by atoms with E-state index in [1.807, 2.05) is 13.0 Å². The largest absolute Gasteiger partial charge is 0.481 e. The average Bonchev–Trinajstić information content (AvgIpc) is 2.72. The molecule has 1 N–H and O–H groups in total. The van der Waals surface area contributed by atoms with Crippen LogP contribution in [0.3, 0.4) is 0 Å². The molecule has 0 atom stereocenters. The number of rotatable bonds is 3. The van der Waals surface area contributed by atoms with Gasteiger partial charge in [-0.05, 0) is 30.2 Å². The fourth-order valence-corrected chi connectivity index (χ4v) is 2.54. The van der Waals surface area contributed by atoms with Crippen LogP contribution in [0.4, 0.5) is 0 Å². The lowest BCUT2D eigenvalue weighted by Gasteiger charge is -2.02. The maximum Gasteiger partial charge on any atom is 0.345 e. The van der Waals surface area contributed by atoms with E-state index in [9.17, 15) is 4.79 Å². The number of thiophene rings is 1. The van der Waals surface area contributed by atoms with Gasteiger partial charge in [0.15, 0.2) is 0 Å². The van der Waals surface area contributed by atoms with Crippen molar-refractivity contribution >= 4 is 17.3 Å². The van der Waals surface area contributed by atoms with Crippen LogP contribution >= 0.6 is 11.3 Å². The average molecular weight is 249 g/mol. The quantitative estimate of drug-likeness (QED) is 0.908. The van der Waals surface area contributed by atoms with Gasteiger partial charge in [-0.25, -0.2) is 9.78 Å². The van der Waals surface area contributed by atoms with Crippen LogP contribution in [-0.2, 0) is 0 Å². The van der Waals surface area contributed by atoms with E-state index in [0.29, 0.717) is 10.8 Å².